The number of ether oxygens (including phenoxy) is 1. The molecule has 2 unspecified atom stereocenters. The Morgan fingerprint density at radius 1 is 0.355 bits per heavy atom. The van der Waals surface area contributed by atoms with Crippen LogP contribution in [0.15, 0.2) is 12.2 Å². The second kappa shape index (κ2) is 66.1. The van der Waals surface area contributed by atoms with Crippen LogP contribution in [-0.2, 0) is 14.3 Å². The molecule has 6 heteroatoms. The quantitative estimate of drug-likeness (QED) is 0.0320. The summed E-state index contributed by atoms with van der Waals surface area (Å²) in [6.07, 6.45) is 81.4. The number of nitrogens with one attached hydrogen (secondary N) is 1. The third kappa shape index (κ3) is 61.8. The Hall–Kier alpha value is -1.40. The molecular formula is C70H137NO5. The van der Waals surface area contributed by atoms with E-state index in [9.17, 15) is 19.8 Å². The molecule has 1 amide bonds. The van der Waals surface area contributed by atoms with Gasteiger partial charge < -0.3 is 20.3 Å². The molecule has 76 heavy (non-hydrogen) atoms. The summed E-state index contributed by atoms with van der Waals surface area (Å²) in [7, 11) is 0. The van der Waals surface area contributed by atoms with Gasteiger partial charge in [0.05, 0.1) is 25.4 Å². The highest BCUT2D eigenvalue weighted by Gasteiger charge is 2.20. The predicted molar refractivity (Wildman–Crippen MR) is 333 cm³/mol. The van der Waals surface area contributed by atoms with Crippen molar-refractivity contribution in [3.63, 3.8) is 0 Å². The summed E-state index contributed by atoms with van der Waals surface area (Å²) in [5.74, 6) is -0.00849. The maximum absolute atomic E-state index is 12.4. The Labute approximate surface area is 476 Å². The van der Waals surface area contributed by atoms with Crippen LogP contribution in [0.5, 0.6) is 0 Å². The first-order valence-corrected chi connectivity index (χ1v) is 34.9. The highest BCUT2D eigenvalue weighted by Crippen LogP contribution is 2.19. The summed E-state index contributed by atoms with van der Waals surface area (Å²) >= 11 is 0. The molecule has 0 saturated carbocycles. The molecule has 0 bridgehead atoms. The van der Waals surface area contributed by atoms with E-state index in [1.807, 2.05) is 0 Å². The van der Waals surface area contributed by atoms with Crippen LogP contribution >= 0.6 is 0 Å². The summed E-state index contributed by atoms with van der Waals surface area (Å²) in [5.41, 5.74) is 0. The number of carbonyl (C=O) groups excluding carboxylic acids is 2. The van der Waals surface area contributed by atoms with Gasteiger partial charge >= 0.3 is 5.97 Å². The average Bonchev–Trinajstić information content (AvgIpc) is 3.42. The zero-order chi connectivity index (χ0) is 55.0. The van der Waals surface area contributed by atoms with Crippen LogP contribution in [0.4, 0.5) is 0 Å². The van der Waals surface area contributed by atoms with Crippen LogP contribution < -0.4 is 5.32 Å². The maximum atomic E-state index is 12.4. The Bertz CT molecular complexity index is 1140. The summed E-state index contributed by atoms with van der Waals surface area (Å²) in [6, 6.07) is -0.536. The van der Waals surface area contributed by atoms with Gasteiger partial charge in [0.25, 0.3) is 0 Å². The fraction of sp³-hybridized carbons (Fsp3) is 0.943. The molecule has 0 aromatic heterocycles. The van der Waals surface area contributed by atoms with E-state index in [-0.39, 0.29) is 18.5 Å². The van der Waals surface area contributed by atoms with Gasteiger partial charge in [0.15, 0.2) is 0 Å². The first-order chi connectivity index (χ1) is 37.5. The normalized spacial score (nSPS) is 12.5. The van der Waals surface area contributed by atoms with Gasteiger partial charge in [-0.25, -0.2) is 0 Å². The van der Waals surface area contributed by atoms with Gasteiger partial charge in [-0.05, 0) is 51.4 Å². The number of rotatable bonds is 66. The van der Waals surface area contributed by atoms with Crippen molar-refractivity contribution in [1.29, 1.82) is 0 Å². The highest BCUT2D eigenvalue weighted by atomic mass is 16.5. The lowest BCUT2D eigenvalue weighted by Gasteiger charge is -2.22. The Morgan fingerprint density at radius 2 is 0.618 bits per heavy atom. The lowest BCUT2D eigenvalue weighted by Crippen LogP contribution is -2.45. The van der Waals surface area contributed by atoms with E-state index in [1.54, 1.807) is 0 Å². The largest absolute Gasteiger partial charge is 0.466 e. The smallest absolute Gasteiger partial charge is 0.305 e. The number of unbranched alkanes of at least 4 members (excludes halogenated alkanes) is 53. The van der Waals surface area contributed by atoms with E-state index in [4.69, 9.17) is 4.74 Å². The number of aliphatic hydroxyl groups is 2. The van der Waals surface area contributed by atoms with Crippen molar-refractivity contribution in [2.45, 2.75) is 411 Å². The van der Waals surface area contributed by atoms with Crippen LogP contribution in [0.2, 0.25) is 0 Å². The predicted octanol–water partition coefficient (Wildman–Crippen LogP) is 22.4. The molecule has 0 fully saturated rings. The number of amides is 1. The molecule has 0 aromatic carbocycles. The molecule has 0 radical (unpaired) electrons. The lowest BCUT2D eigenvalue weighted by atomic mass is 10.0. The number of esters is 1. The standard InChI is InChI=1S/C70H137NO5/c1-3-5-7-9-11-13-15-16-17-38-41-44-48-52-56-60-64-70(75)76-65-61-57-53-49-45-42-39-36-34-32-30-28-26-24-22-20-18-19-21-23-25-27-29-31-33-35-37-40-43-47-51-55-59-63-69(74)71-67(66-72)68(73)62-58-54-50-46-14-12-10-8-6-4-2/h22,24,67-68,72-73H,3-21,23,25-66H2,1-2H3,(H,71,74)/b24-22-. The molecule has 0 heterocycles. The molecule has 0 rings (SSSR count). The fourth-order valence-corrected chi connectivity index (χ4v) is 11.2. The molecule has 6 nitrogen and oxygen atoms in total. The van der Waals surface area contributed by atoms with Gasteiger partial charge in [-0.15, -0.1) is 0 Å². The zero-order valence-corrected chi connectivity index (χ0v) is 51.8. The number of hydrogen-bond acceptors (Lipinski definition) is 5. The van der Waals surface area contributed by atoms with Gasteiger partial charge in [-0.3, -0.25) is 9.59 Å². The van der Waals surface area contributed by atoms with E-state index in [2.05, 4.69) is 31.3 Å². The molecule has 0 saturated heterocycles. The molecule has 3 N–H and O–H groups in total. The van der Waals surface area contributed by atoms with E-state index >= 15 is 0 Å². The third-order valence-corrected chi connectivity index (χ3v) is 16.6. The van der Waals surface area contributed by atoms with Gasteiger partial charge in [0.1, 0.15) is 0 Å². The van der Waals surface area contributed by atoms with Crippen molar-refractivity contribution in [3.05, 3.63) is 12.2 Å². The van der Waals surface area contributed by atoms with Gasteiger partial charge in [0, 0.05) is 12.8 Å². The molecule has 0 aliphatic rings. The minimum atomic E-state index is -0.659. The van der Waals surface area contributed by atoms with Crippen molar-refractivity contribution >= 4 is 11.9 Å². The van der Waals surface area contributed by atoms with E-state index in [0.717, 1.165) is 38.5 Å². The Balaban J connectivity index is 3.30. The summed E-state index contributed by atoms with van der Waals surface area (Å²) in [5, 5.41) is 23.2. The second-order valence-electron chi connectivity index (χ2n) is 24.2. The van der Waals surface area contributed by atoms with Crippen molar-refractivity contribution in [2.75, 3.05) is 13.2 Å². The summed E-state index contributed by atoms with van der Waals surface area (Å²) in [6.45, 7) is 4.98. The van der Waals surface area contributed by atoms with Crippen molar-refractivity contribution in [3.8, 4) is 0 Å². The molecule has 0 aliphatic heterocycles. The van der Waals surface area contributed by atoms with E-state index < -0.39 is 12.1 Å². The van der Waals surface area contributed by atoms with Crippen LogP contribution in [0.3, 0.4) is 0 Å². The second-order valence-corrected chi connectivity index (χ2v) is 24.2. The number of hydrogen-bond donors (Lipinski definition) is 3. The molecule has 452 valence electrons. The van der Waals surface area contributed by atoms with Gasteiger partial charge in [0.2, 0.25) is 5.91 Å². The van der Waals surface area contributed by atoms with Crippen molar-refractivity contribution in [2.24, 2.45) is 0 Å². The number of carbonyl (C=O) groups is 2. The zero-order valence-electron chi connectivity index (χ0n) is 51.8. The third-order valence-electron chi connectivity index (χ3n) is 16.6. The van der Waals surface area contributed by atoms with E-state index in [0.29, 0.717) is 25.9 Å². The minimum absolute atomic E-state index is 0.0229. The summed E-state index contributed by atoms with van der Waals surface area (Å²) < 4.78 is 5.50. The molecule has 0 aliphatic carbocycles. The first kappa shape index (κ1) is 74.6. The van der Waals surface area contributed by atoms with Crippen molar-refractivity contribution in [1.82, 2.24) is 5.32 Å². The lowest BCUT2D eigenvalue weighted by molar-refractivity contribution is -0.143. The number of aliphatic hydroxyl groups excluding tert-OH is 2. The SMILES string of the molecule is CCCCCCCCCCCCCCCCCCC(=O)OCCCCCCCCCCCCCC/C=C\CCCCCCCCCCCCCCCCCCCC(=O)NC(CO)C(O)CCCCCCCCCCCC. The summed E-state index contributed by atoms with van der Waals surface area (Å²) in [4.78, 5) is 24.5. The average molecular weight is 1070 g/mol. The van der Waals surface area contributed by atoms with Crippen LogP contribution in [0.25, 0.3) is 0 Å². The monoisotopic (exact) mass is 1070 g/mol. The van der Waals surface area contributed by atoms with Crippen molar-refractivity contribution < 1.29 is 24.5 Å². The topological polar surface area (TPSA) is 95.9 Å². The van der Waals surface area contributed by atoms with Crippen LogP contribution in [0, 0.1) is 0 Å². The van der Waals surface area contributed by atoms with Gasteiger partial charge in [-0.1, -0.05) is 347 Å². The molecule has 0 spiro atoms. The molecule has 2 atom stereocenters. The Kier molecular flexibility index (Phi) is 64.9. The number of allylic oxidation sites excluding steroid dienone is 2. The van der Waals surface area contributed by atoms with Crippen LogP contribution in [-0.4, -0.2) is 47.4 Å². The minimum Gasteiger partial charge on any atom is -0.466 e. The maximum Gasteiger partial charge on any atom is 0.305 e. The van der Waals surface area contributed by atoms with Gasteiger partial charge in [-0.2, -0.15) is 0 Å². The van der Waals surface area contributed by atoms with E-state index in [1.165, 1.54) is 327 Å². The highest BCUT2D eigenvalue weighted by molar-refractivity contribution is 5.76. The fourth-order valence-electron chi connectivity index (χ4n) is 11.2. The Morgan fingerprint density at radius 3 is 0.934 bits per heavy atom. The molecular weight excluding hydrogens is 935 g/mol. The first-order valence-electron chi connectivity index (χ1n) is 34.9. The molecule has 0 aromatic rings. The van der Waals surface area contributed by atoms with Crippen LogP contribution in [0.1, 0.15) is 399 Å².